The lowest BCUT2D eigenvalue weighted by molar-refractivity contribution is 0.358. The molecule has 0 amide bonds. The Hall–Kier alpha value is -2.62. The number of benzene rings is 3. The Morgan fingerprint density at radius 1 is 1.04 bits per heavy atom. The zero-order chi connectivity index (χ0) is 16.1. The first-order valence-corrected chi connectivity index (χ1v) is 7.69. The molecule has 0 aliphatic carbocycles. The van der Waals surface area contributed by atoms with Gasteiger partial charge >= 0.3 is 0 Å². The second-order valence-corrected chi connectivity index (χ2v) is 5.94. The lowest BCUT2D eigenvalue weighted by Crippen LogP contribution is -2.24. The van der Waals surface area contributed by atoms with Gasteiger partial charge in [-0.15, -0.1) is 0 Å². The first-order valence-electron chi connectivity index (χ1n) is 7.69. The lowest BCUT2D eigenvalue weighted by atomic mass is 9.90. The van der Waals surface area contributed by atoms with Crippen LogP contribution in [-0.4, -0.2) is 32.9 Å². The van der Waals surface area contributed by atoms with E-state index in [1.807, 2.05) is 37.4 Å². The van der Waals surface area contributed by atoms with Crippen LogP contribution >= 0.6 is 0 Å². The molecule has 3 aromatic rings. The summed E-state index contributed by atoms with van der Waals surface area (Å²) in [5.74, 6) is 1.80. The molecule has 0 saturated heterocycles. The van der Waals surface area contributed by atoms with E-state index in [4.69, 9.17) is 9.47 Å². The summed E-state index contributed by atoms with van der Waals surface area (Å²) in [6.07, 6.45) is 0.915. The van der Waals surface area contributed by atoms with E-state index in [9.17, 15) is 5.11 Å². The molecule has 4 rings (SSSR count). The topological polar surface area (TPSA) is 41.9 Å². The maximum atomic E-state index is 10.9. The molecule has 0 fully saturated rings. The van der Waals surface area contributed by atoms with Crippen LogP contribution in [0.15, 0.2) is 30.3 Å². The molecule has 1 heterocycles. The molecule has 0 unspecified atom stereocenters. The Labute approximate surface area is 134 Å². The smallest absolute Gasteiger partial charge is 0.169 e. The summed E-state index contributed by atoms with van der Waals surface area (Å²) in [6, 6.07) is 9.92. The number of phenols is 1. The minimum atomic E-state index is 0.337. The lowest BCUT2D eigenvalue weighted by Gasteiger charge is -2.30. The minimum Gasteiger partial charge on any atom is -0.505 e. The van der Waals surface area contributed by atoms with Gasteiger partial charge in [0.05, 0.1) is 19.9 Å². The van der Waals surface area contributed by atoms with Crippen LogP contribution < -0.4 is 14.4 Å². The van der Waals surface area contributed by atoms with Crippen molar-refractivity contribution < 1.29 is 14.6 Å². The number of anilines is 1. The van der Waals surface area contributed by atoms with Crippen LogP contribution in [0, 0.1) is 0 Å². The maximum Gasteiger partial charge on any atom is 0.169 e. The standard InChI is InChI=1S/C19H19NO3/c1-20-9-8-11-10-14(22-2)19(23-3)16-12-6-4-5-7-13(12)18(21)17(20)15(11)16/h4-7,10,21H,8-9H2,1-3H3. The van der Waals surface area contributed by atoms with Crippen molar-refractivity contribution in [3.8, 4) is 17.2 Å². The quantitative estimate of drug-likeness (QED) is 0.733. The van der Waals surface area contributed by atoms with Crippen LogP contribution in [-0.2, 0) is 6.42 Å². The van der Waals surface area contributed by atoms with Gasteiger partial charge in [-0.1, -0.05) is 24.3 Å². The molecule has 1 aliphatic rings. The molecule has 1 N–H and O–H groups in total. The van der Waals surface area contributed by atoms with E-state index >= 15 is 0 Å². The Morgan fingerprint density at radius 2 is 1.78 bits per heavy atom. The van der Waals surface area contributed by atoms with Gasteiger partial charge in [-0.25, -0.2) is 0 Å². The summed E-state index contributed by atoms with van der Waals surface area (Å²) in [6.45, 7) is 0.865. The summed E-state index contributed by atoms with van der Waals surface area (Å²) in [7, 11) is 5.34. The number of phenolic OH excluding ortho intramolecular Hbond substituents is 1. The van der Waals surface area contributed by atoms with Crippen molar-refractivity contribution in [2.75, 3.05) is 32.7 Å². The van der Waals surface area contributed by atoms with Crippen molar-refractivity contribution in [3.05, 3.63) is 35.9 Å². The van der Waals surface area contributed by atoms with Crippen molar-refractivity contribution in [2.45, 2.75) is 6.42 Å². The molecular weight excluding hydrogens is 290 g/mol. The average Bonchev–Trinajstić information content (AvgIpc) is 2.59. The van der Waals surface area contributed by atoms with Crippen molar-refractivity contribution in [3.63, 3.8) is 0 Å². The monoisotopic (exact) mass is 309 g/mol. The Bertz CT molecular complexity index is 933. The van der Waals surface area contributed by atoms with E-state index in [1.165, 1.54) is 5.56 Å². The largest absolute Gasteiger partial charge is 0.505 e. The van der Waals surface area contributed by atoms with Crippen molar-refractivity contribution in [1.82, 2.24) is 0 Å². The van der Waals surface area contributed by atoms with Crippen LogP contribution in [0.1, 0.15) is 5.56 Å². The number of hydrogen-bond donors (Lipinski definition) is 1. The molecular formula is C19H19NO3. The number of fused-ring (bicyclic) bond motifs is 2. The predicted molar refractivity (Wildman–Crippen MR) is 93.2 cm³/mol. The number of hydrogen-bond acceptors (Lipinski definition) is 4. The summed E-state index contributed by atoms with van der Waals surface area (Å²) < 4.78 is 11.2. The molecule has 0 aromatic heterocycles. The van der Waals surface area contributed by atoms with E-state index in [1.54, 1.807) is 14.2 Å². The van der Waals surface area contributed by atoms with Gasteiger partial charge in [0.1, 0.15) is 5.75 Å². The van der Waals surface area contributed by atoms with Gasteiger partial charge in [-0.3, -0.25) is 0 Å². The van der Waals surface area contributed by atoms with E-state index in [-0.39, 0.29) is 0 Å². The molecule has 3 aromatic carbocycles. The van der Waals surface area contributed by atoms with Crippen LogP contribution in [0.3, 0.4) is 0 Å². The van der Waals surface area contributed by atoms with Crippen molar-refractivity contribution in [1.29, 1.82) is 0 Å². The average molecular weight is 309 g/mol. The fourth-order valence-corrected chi connectivity index (χ4v) is 3.70. The van der Waals surface area contributed by atoms with E-state index in [2.05, 4.69) is 4.90 Å². The first-order chi connectivity index (χ1) is 11.2. The number of rotatable bonds is 2. The highest BCUT2D eigenvalue weighted by Gasteiger charge is 2.27. The third-order valence-electron chi connectivity index (χ3n) is 4.76. The molecule has 23 heavy (non-hydrogen) atoms. The first kappa shape index (κ1) is 14.0. The van der Waals surface area contributed by atoms with Crippen LogP contribution in [0.5, 0.6) is 17.2 Å². The molecule has 0 bridgehead atoms. The van der Waals surface area contributed by atoms with Crippen LogP contribution in [0.2, 0.25) is 0 Å². The number of ether oxygens (including phenoxy) is 2. The summed E-state index contributed by atoms with van der Waals surface area (Å²) in [4.78, 5) is 2.11. The number of nitrogens with zero attached hydrogens (tertiary/aromatic N) is 1. The van der Waals surface area contributed by atoms with Crippen molar-refractivity contribution >= 4 is 27.2 Å². The molecule has 4 heteroatoms. The summed E-state index contributed by atoms with van der Waals surface area (Å²) >= 11 is 0. The SMILES string of the molecule is COc1cc2c3c(c(O)c4ccccc4c3c1OC)N(C)CC2. The predicted octanol–water partition coefficient (Wildman–Crippen LogP) is 3.71. The molecule has 4 nitrogen and oxygen atoms in total. The molecule has 0 saturated carbocycles. The van der Waals surface area contributed by atoms with Gasteiger partial charge < -0.3 is 19.5 Å². The number of likely N-dealkylation sites (N-methyl/N-ethyl adjacent to an activating group) is 1. The zero-order valence-electron chi connectivity index (χ0n) is 13.5. The molecule has 0 atom stereocenters. The normalized spacial score (nSPS) is 13.6. The number of methoxy groups -OCH3 is 2. The van der Waals surface area contributed by atoms with E-state index < -0.39 is 0 Å². The minimum absolute atomic E-state index is 0.337. The second kappa shape index (κ2) is 4.95. The molecule has 1 aliphatic heterocycles. The Morgan fingerprint density at radius 3 is 2.48 bits per heavy atom. The van der Waals surface area contributed by atoms with E-state index in [0.29, 0.717) is 5.75 Å². The second-order valence-electron chi connectivity index (χ2n) is 5.94. The fraction of sp³-hybridized carbons (Fsp3) is 0.263. The summed E-state index contributed by atoms with van der Waals surface area (Å²) in [5.41, 5.74) is 2.06. The molecule has 118 valence electrons. The molecule has 0 spiro atoms. The van der Waals surface area contributed by atoms with Gasteiger partial charge in [0, 0.05) is 29.8 Å². The summed E-state index contributed by atoms with van der Waals surface area (Å²) in [5, 5.41) is 14.7. The highest BCUT2D eigenvalue weighted by atomic mass is 16.5. The zero-order valence-corrected chi connectivity index (χ0v) is 13.5. The van der Waals surface area contributed by atoms with Gasteiger partial charge in [-0.2, -0.15) is 0 Å². The van der Waals surface area contributed by atoms with Gasteiger partial charge in [0.2, 0.25) is 0 Å². The molecule has 0 radical (unpaired) electrons. The third kappa shape index (κ3) is 1.78. The van der Waals surface area contributed by atoms with Gasteiger partial charge in [-0.05, 0) is 23.4 Å². The van der Waals surface area contributed by atoms with Crippen LogP contribution in [0.25, 0.3) is 21.5 Å². The van der Waals surface area contributed by atoms with Crippen LogP contribution in [0.4, 0.5) is 5.69 Å². The highest BCUT2D eigenvalue weighted by molar-refractivity contribution is 6.21. The van der Waals surface area contributed by atoms with Gasteiger partial charge in [0.15, 0.2) is 11.5 Å². The number of aromatic hydroxyl groups is 1. The maximum absolute atomic E-state index is 10.9. The van der Waals surface area contributed by atoms with Crippen molar-refractivity contribution in [2.24, 2.45) is 0 Å². The third-order valence-corrected chi connectivity index (χ3v) is 4.76. The fourth-order valence-electron chi connectivity index (χ4n) is 3.70. The Balaban J connectivity index is 2.34. The van der Waals surface area contributed by atoms with E-state index in [0.717, 1.165) is 51.7 Å². The van der Waals surface area contributed by atoms with Gasteiger partial charge in [0.25, 0.3) is 0 Å². The Kier molecular flexibility index (Phi) is 3.01. The highest BCUT2D eigenvalue weighted by Crippen LogP contribution is 2.51.